The molecule has 0 bridgehead atoms. The lowest BCUT2D eigenvalue weighted by molar-refractivity contribution is -0.276. The SMILES string of the molecule is COC(=O)c1cc(CCl)nc(C(F)(F)F)c1OC(F)(F)F. The van der Waals surface area contributed by atoms with Gasteiger partial charge in [-0.25, -0.2) is 9.78 Å². The van der Waals surface area contributed by atoms with Gasteiger partial charge in [-0.3, -0.25) is 0 Å². The molecule has 0 saturated heterocycles. The number of esters is 1. The molecule has 4 nitrogen and oxygen atoms in total. The van der Waals surface area contributed by atoms with Gasteiger partial charge in [-0.05, 0) is 6.07 Å². The zero-order chi connectivity index (χ0) is 16.4. The Morgan fingerprint density at radius 1 is 1.29 bits per heavy atom. The molecule has 0 fully saturated rings. The molecule has 0 radical (unpaired) electrons. The second kappa shape index (κ2) is 5.96. The highest BCUT2D eigenvalue weighted by Gasteiger charge is 2.43. The Hall–Kier alpha value is -1.71. The van der Waals surface area contributed by atoms with Crippen LogP contribution < -0.4 is 4.74 Å². The van der Waals surface area contributed by atoms with E-state index in [0.29, 0.717) is 6.07 Å². The van der Waals surface area contributed by atoms with Gasteiger partial charge in [0.25, 0.3) is 0 Å². The molecule has 1 rings (SSSR count). The standard InChI is InChI=1S/C10H6ClF6NO3/c1-20-8(19)5-2-4(3-11)18-7(9(12,13)14)6(5)21-10(15,16)17/h2H,3H2,1H3. The monoisotopic (exact) mass is 337 g/mol. The molecular weight excluding hydrogens is 332 g/mol. The molecule has 0 N–H and O–H groups in total. The van der Waals surface area contributed by atoms with Crippen molar-refractivity contribution in [2.75, 3.05) is 7.11 Å². The molecule has 21 heavy (non-hydrogen) atoms. The van der Waals surface area contributed by atoms with Crippen molar-refractivity contribution in [3.05, 3.63) is 23.0 Å². The van der Waals surface area contributed by atoms with E-state index in [1.807, 2.05) is 0 Å². The first kappa shape index (κ1) is 17.3. The van der Waals surface area contributed by atoms with Crippen LogP contribution in [0.3, 0.4) is 0 Å². The maximum Gasteiger partial charge on any atom is 0.573 e. The molecule has 0 saturated carbocycles. The lowest BCUT2D eigenvalue weighted by Crippen LogP contribution is -2.24. The molecule has 0 aromatic carbocycles. The fraction of sp³-hybridized carbons (Fsp3) is 0.400. The number of hydrogen-bond donors (Lipinski definition) is 0. The number of pyridine rings is 1. The number of ether oxygens (including phenoxy) is 2. The van der Waals surface area contributed by atoms with Gasteiger partial charge in [0, 0.05) is 0 Å². The number of carbonyl (C=O) groups is 1. The number of aromatic nitrogens is 1. The van der Waals surface area contributed by atoms with Gasteiger partial charge in [0.15, 0.2) is 11.4 Å². The van der Waals surface area contributed by atoms with Crippen LogP contribution in [0.1, 0.15) is 21.7 Å². The van der Waals surface area contributed by atoms with Crippen molar-refractivity contribution in [1.29, 1.82) is 0 Å². The summed E-state index contributed by atoms with van der Waals surface area (Å²) in [7, 11) is 0.785. The Morgan fingerprint density at radius 3 is 2.24 bits per heavy atom. The maximum absolute atomic E-state index is 12.8. The van der Waals surface area contributed by atoms with Crippen LogP contribution in [0.4, 0.5) is 26.3 Å². The molecule has 0 amide bonds. The summed E-state index contributed by atoms with van der Waals surface area (Å²) in [6.45, 7) is 0. The number of hydrogen-bond acceptors (Lipinski definition) is 4. The third-order valence-corrected chi connectivity index (χ3v) is 2.33. The van der Waals surface area contributed by atoms with Gasteiger partial charge in [0.2, 0.25) is 0 Å². The highest BCUT2D eigenvalue weighted by Crippen LogP contribution is 2.40. The van der Waals surface area contributed by atoms with Crippen molar-refractivity contribution < 1.29 is 40.6 Å². The van der Waals surface area contributed by atoms with E-state index in [0.717, 1.165) is 7.11 Å². The van der Waals surface area contributed by atoms with Gasteiger partial charge >= 0.3 is 18.5 Å². The molecular formula is C10H6ClF6NO3. The van der Waals surface area contributed by atoms with Crippen molar-refractivity contribution in [1.82, 2.24) is 4.98 Å². The number of alkyl halides is 7. The zero-order valence-corrected chi connectivity index (χ0v) is 10.9. The van der Waals surface area contributed by atoms with Crippen LogP contribution in [-0.4, -0.2) is 24.4 Å². The highest BCUT2D eigenvalue weighted by atomic mass is 35.5. The first-order valence-corrected chi connectivity index (χ1v) is 5.54. The van der Waals surface area contributed by atoms with Crippen LogP contribution in [0.25, 0.3) is 0 Å². The molecule has 0 unspecified atom stereocenters. The van der Waals surface area contributed by atoms with Crippen molar-refractivity contribution in [3.8, 4) is 5.75 Å². The second-order valence-electron chi connectivity index (χ2n) is 3.51. The fourth-order valence-electron chi connectivity index (χ4n) is 1.33. The van der Waals surface area contributed by atoms with Gasteiger partial charge in [-0.1, -0.05) is 0 Å². The average Bonchev–Trinajstić information content (AvgIpc) is 2.34. The van der Waals surface area contributed by atoms with Gasteiger partial charge < -0.3 is 9.47 Å². The number of halogens is 7. The molecule has 0 aliphatic rings. The summed E-state index contributed by atoms with van der Waals surface area (Å²) in [5.74, 6) is -3.79. The molecule has 1 aromatic heterocycles. The summed E-state index contributed by atoms with van der Waals surface area (Å²) in [5.41, 5.74) is -3.55. The molecule has 0 atom stereocenters. The van der Waals surface area contributed by atoms with E-state index in [2.05, 4.69) is 14.5 Å². The minimum atomic E-state index is -5.45. The van der Waals surface area contributed by atoms with Crippen molar-refractivity contribution in [3.63, 3.8) is 0 Å². The Kier molecular flexibility index (Phi) is 4.92. The normalized spacial score (nSPS) is 12.2. The number of rotatable bonds is 3. The zero-order valence-electron chi connectivity index (χ0n) is 10.1. The van der Waals surface area contributed by atoms with Crippen LogP contribution in [0.2, 0.25) is 0 Å². The first-order valence-electron chi connectivity index (χ1n) is 5.00. The second-order valence-corrected chi connectivity index (χ2v) is 3.78. The van der Waals surface area contributed by atoms with Crippen molar-refractivity contribution in [2.24, 2.45) is 0 Å². The quantitative estimate of drug-likeness (QED) is 0.481. The lowest BCUT2D eigenvalue weighted by Gasteiger charge is -2.17. The van der Waals surface area contributed by atoms with E-state index in [1.165, 1.54) is 0 Å². The third-order valence-electron chi connectivity index (χ3n) is 2.05. The minimum Gasteiger partial charge on any atom is -0.465 e. The summed E-state index contributed by atoms with van der Waals surface area (Å²) in [4.78, 5) is 14.3. The van der Waals surface area contributed by atoms with E-state index in [-0.39, 0.29) is 0 Å². The summed E-state index contributed by atoms with van der Waals surface area (Å²) < 4.78 is 82.5. The Labute approximate surface area is 118 Å². The maximum atomic E-state index is 12.8. The van der Waals surface area contributed by atoms with Crippen molar-refractivity contribution >= 4 is 17.6 Å². The van der Waals surface area contributed by atoms with Gasteiger partial charge in [-0.2, -0.15) is 13.2 Å². The average molecular weight is 338 g/mol. The van der Waals surface area contributed by atoms with Crippen molar-refractivity contribution in [2.45, 2.75) is 18.4 Å². The van der Waals surface area contributed by atoms with E-state index >= 15 is 0 Å². The topological polar surface area (TPSA) is 48.4 Å². The number of methoxy groups -OCH3 is 1. The lowest BCUT2D eigenvalue weighted by atomic mass is 10.1. The van der Waals surface area contributed by atoms with E-state index in [9.17, 15) is 31.1 Å². The van der Waals surface area contributed by atoms with Crippen LogP contribution in [0.15, 0.2) is 6.07 Å². The molecule has 0 aliphatic heterocycles. The summed E-state index contributed by atoms with van der Waals surface area (Å²) >= 11 is 5.31. The Bertz CT molecular complexity index is 543. The molecule has 1 aromatic rings. The summed E-state index contributed by atoms with van der Waals surface area (Å²) in [5, 5.41) is 0. The molecule has 11 heteroatoms. The fourth-order valence-corrected chi connectivity index (χ4v) is 1.46. The number of nitrogens with zero attached hydrogens (tertiary/aromatic N) is 1. The molecule has 1 heterocycles. The number of carbonyl (C=O) groups excluding carboxylic acids is 1. The van der Waals surface area contributed by atoms with Crippen LogP contribution in [0, 0.1) is 0 Å². The smallest absolute Gasteiger partial charge is 0.465 e. The van der Waals surface area contributed by atoms with E-state index in [1.54, 1.807) is 0 Å². The highest BCUT2D eigenvalue weighted by molar-refractivity contribution is 6.17. The Morgan fingerprint density at radius 2 is 1.86 bits per heavy atom. The molecule has 118 valence electrons. The predicted molar refractivity (Wildman–Crippen MR) is 56.8 cm³/mol. The first-order chi connectivity index (χ1) is 9.49. The third kappa shape index (κ3) is 4.38. The summed E-state index contributed by atoms with van der Waals surface area (Å²) in [6, 6.07) is 0.634. The van der Waals surface area contributed by atoms with Crippen LogP contribution in [-0.2, 0) is 16.8 Å². The van der Waals surface area contributed by atoms with Gasteiger partial charge in [0.05, 0.1) is 18.7 Å². The van der Waals surface area contributed by atoms with Gasteiger partial charge in [-0.15, -0.1) is 24.8 Å². The van der Waals surface area contributed by atoms with Crippen LogP contribution >= 0.6 is 11.6 Å². The molecule has 0 aliphatic carbocycles. The van der Waals surface area contributed by atoms with Crippen LogP contribution in [0.5, 0.6) is 5.75 Å². The minimum absolute atomic E-state index is 0.459. The van der Waals surface area contributed by atoms with E-state index < -0.39 is 47.1 Å². The largest absolute Gasteiger partial charge is 0.573 e. The Balaban J connectivity index is 3.63. The van der Waals surface area contributed by atoms with E-state index in [4.69, 9.17) is 11.6 Å². The molecule has 0 spiro atoms. The summed E-state index contributed by atoms with van der Waals surface area (Å²) in [6.07, 6.45) is -10.7. The van der Waals surface area contributed by atoms with Gasteiger partial charge in [0.1, 0.15) is 5.56 Å². The predicted octanol–water partition coefficient (Wildman–Crippen LogP) is 3.52.